The number of hydrogen-bond donors (Lipinski definition) is 1. The second-order valence-corrected chi connectivity index (χ2v) is 7.50. The summed E-state index contributed by atoms with van der Waals surface area (Å²) in [4.78, 5) is 2.24. The first kappa shape index (κ1) is 20.4. The van der Waals surface area contributed by atoms with E-state index in [1.165, 1.54) is 12.1 Å². The molecule has 0 aliphatic carbocycles. The minimum absolute atomic E-state index is 0.146. The van der Waals surface area contributed by atoms with Gasteiger partial charge in [-0.3, -0.25) is 0 Å². The number of halogens is 3. The van der Waals surface area contributed by atoms with Gasteiger partial charge in [-0.1, -0.05) is 18.2 Å². The first-order valence-electron chi connectivity index (χ1n) is 9.89. The van der Waals surface area contributed by atoms with Crippen LogP contribution in [0.15, 0.2) is 42.6 Å². The maximum Gasteiger partial charge on any atom is 0.266 e. The Labute approximate surface area is 172 Å². The number of anilines is 2. The summed E-state index contributed by atoms with van der Waals surface area (Å²) in [7, 11) is 0. The summed E-state index contributed by atoms with van der Waals surface area (Å²) in [5, 5.41) is 12.2. The maximum atomic E-state index is 14.6. The fraction of sp³-hybridized carbons (Fsp3) is 0.364. The summed E-state index contributed by atoms with van der Waals surface area (Å²) in [6.45, 7) is 6.01. The van der Waals surface area contributed by atoms with Crippen molar-refractivity contribution in [3.05, 3.63) is 59.5 Å². The molecule has 0 bridgehead atoms. The minimum atomic E-state index is -2.86. The van der Waals surface area contributed by atoms with E-state index in [0.29, 0.717) is 17.8 Å². The molecule has 4 rings (SSSR count). The number of alkyl halides is 2. The van der Waals surface area contributed by atoms with Crippen molar-refractivity contribution >= 4 is 22.3 Å². The van der Waals surface area contributed by atoms with Crippen LogP contribution in [0.3, 0.4) is 0 Å². The van der Waals surface area contributed by atoms with Crippen molar-refractivity contribution in [2.45, 2.75) is 32.4 Å². The Balaban J connectivity index is 1.66. The summed E-state index contributed by atoms with van der Waals surface area (Å²) in [6, 6.07) is 9.43. The molecule has 0 saturated carbocycles. The van der Waals surface area contributed by atoms with E-state index in [0.717, 1.165) is 30.2 Å². The molecule has 0 unspecified atom stereocenters. The standard InChI is InChI=1S/C22H23F3N4O/c1-13-12-29(8-9-30-13)15-6-7-19-18(10-15)20(11-26-28-19)27-14(2)16-4-3-5-17(21(16)23)22(24)25/h3-7,10-11,13-14,22H,8-9,12H2,1-2H3,(H,27,28)/t13-,14+/m0/s1. The predicted octanol–water partition coefficient (Wildman–Crippen LogP) is 5.10. The van der Waals surface area contributed by atoms with E-state index in [-0.39, 0.29) is 11.7 Å². The lowest BCUT2D eigenvalue weighted by Gasteiger charge is -2.33. The van der Waals surface area contributed by atoms with Gasteiger partial charge in [0.1, 0.15) is 5.82 Å². The molecule has 0 amide bonds. The van der Waals surface area contributed by atoms with E-state index < -0.39 is 23.8 Å². The zero-order chi connectivity index (χ0) is 21.3. The SMILES string of the molecule is C[C@H]1CN(c2ccc3nncc(N[C@H](C)c4cccc(C(F)F)c4F)c3c2)CCO1. The minimum Gasteiger partial charge on any atom is -0.377 e. The molecule has 158 valence electrons. The van der Waals surface area contributed by atoms with Gasteiger partial charge in [0.05, 0.1) is 41.7 Å². The molecular weight excluding hydrogens is 393 g/mol. The highest BCUT2D eigenvalue weighted by atomic mass is 19.3. The molecule has 0 radical (unpaired) electrons. The number of fused-ring (bicyclic) bond motifs is 1. The topological polar surface area (TPSA) is 50.3 Å². The Kier molecular flexibility index (Phi) is 5.76. The lowest BCUT2D eigenvalue weighted by Crippen LogP contribution is -2.41. The summed E-state index contributed by atoms with van der Waals surface area (Å²) >= 11 is 0. The highest BCUT2D eigenvalue weighted by Gasteiger charge is 2.21. The van der Waals surface area contributed by atoms with Gasteiger partial charge >= 0.3 is 0 Å². The Hall–Kier alpha value is -2.87. The molecule has 0 spiro atoms. The van der Waals surface area contributed by atoms with Gasteiger partial charge < -0.3 is 15.0 Å². The summed E-state index contributed by atoms with van der Waals surface area (Å²) < 4.78 is 46.3. The van der Waals surface area contributed by atoms with Crippen LogP contribution in [0.4, 0.5) is 24.5 Å². The van der Waals surface area contributed by atoms with Crippen LogP contribution in [-0.4, -0.2) is 36.0 Å². The Bertz CT molecular complexity index is 1050. The van der Waals surface area contributed by atoms with E-state index in [4.69, 9.17) is 4.74 Å². The van der Waals surface area contributed by atoms with Crippen LogP contribution in [0.1, 0.15) is 37.4 Å². The van der Waals surface area contributed by atoms with Gasteiger partial charge in [0.2, 0.25) is 0 Å². The third-order valence-electron chi connectivity index (χ3n) is 5.36. The molecule has 1 N–H and O–H groups in total. The fourth-order valence-corrected chi connectivity index (χ4v) is 3.79. The highest BCUT2D eigenvalue weighted by molar-refractivity contribution is 5.93. The molecule has 1 aliphatic rings. The third-order valence-corrected chi connectivity index (χ3v) is 5.36. The second kappa shape index (κ2) is 8.47. The van der Waals surface area contributed by atoms with Crippen LogP contribution in [-0.2, 0) is 4.74 Å². The summed E-state index contributed by atoms with van der Waals surface area (Å²) in [5.74, 6) is -0.887. The average Bonchev–Trinajstić information content (AvgIpc) is 2.73. The Morgan fingerprint density at radius 3 is 2.77 bits per heavy atom. The smallest absolute Gasteiger partial charge is 0.266 e. The number of morpholine rings is 1. The van der Waals surface area contributed by atoms with Gasteiger partial charge in [-0.25, -0.2) is 13.2 Å². The first-order valence-corrected chi connectivity index (χ1v) is 9.89. The van der Waals surface area contributed by atoms with Crippen LogP contribution in [0.5, 0.6) is 0 Å². The maximum absolute atomic E-state index is 14.6. The average molecular weight is 416 g/mol. The van der Waals surface area contributed by atoms with Crippen LogP contribution in [0.2, 0.25) is 0 Å². The lowest BCUT2D eigenvalue weighted by molar-refractivity contribution is 0.0532. The van der Waals surface area contributed by atoms with E-state index >= 15 is 0 Å². The van der Waals surface area contributed by atoms with Crippen molar-refractivity contribution in [3.63, 3.8) is 0 Å². The molecule has 1 aromatic heterocycles. The summed E-state index contributed by atoms with van der Waals surface area (Å²) in [5.41, 5.74) is 1.97. The number of nitrogens with zero attached hydrogens (tertiary/aromatic N) is 3. The van der Waals surface area contributed by atoms with Crippen LogP contribution >= 0.6 is 0 Å². The number of aromatic nitrogens is 2. The Morgan fingerprint density at radius 1 is 1.20 bits per heavy atom. The van der Waals surface area contributed by atoms with Gasteiger partial charge in [-0.05, 0) is 32.0 Å². The highest BCUT2D eigenvalue weighted by Crippen LogP contribution is 2.32. The molecule has 3 aromatic rings. The van der Waals surface area contributed by atoms with Crippen molar-refractivity contribution in [3.8, 4) is 0 Å². The van der Waals surface area contributed by atoms with E-state index in [9.17, 15) is 13.2 Å². The molecule has 8 heteroatoms. The molecule has 1 saturated heterocycles. The first-order chi connectivity index (χ1) is 14.4. The number of rotatable bonds is 5. The number of hydrogen-bond acceptors (Lipinski definition) is 5. The Morgan fingerprint density at radius 2 is 2.00 bits per heavy atom. The zero-order valence-corrected chi connectivity index (χ0v) is 16.8. The van der Waals surface area contributed by atoms with E-state index in [2.05, 4.69) is 20.4 Å². The van der Waals surface area contributed by atoms with Gasteiger partial charge in [-0.15, -0.1) is 0 Å². The monoisotopic (exact) mass is 416 g/mol. The van der Waals surface area contributed by atoms with Crippen molar-refractivity contribution < 1.29 is 17.9 Å². The predicted molar refractivity (Wildman–Crippen MR) is 111 cm³/mol. The van der Waals surface area contributed by atoms with Crippen LogP contribution in [0, 0.1) is 5.82 Å². The molecule has 1 aliphatic heterocycles. The van der Waals surface area contributed by atoms with Gasteiger partial charge in [-0.2, -0.15) is 10.2 Å². The quantitative estimate of drug-likeness (QED) is 0.627. The van der Waals surface area contributed by atoms with Crippen molar-refractivity contribution in [1.82, 2.24) is 10.2 Å². The third kappa shape index (κ3) is 4.05. The number of nitrogens with one attached hydrogen (secondary N) is 1. The summed E-state index contributed by atoms with van der Waals surface area (Å²) in [6.07, 6.45) is -1.15. The molecular formula is C22H23F3N4O. The zero-order valence-electron chi connectivity index (χ0n) is 16.8. The van der Waals surface area contributed by atoms with E-state index in [1.807, 2.05) is 25.1 Å². The number of ether oxygens (including phenoxy) is 1. The molecule has 2 aromatic carbocycles. The van der Waals surface area contributed by atoms with Crippen LogP contribution < -0.4 is 10.2 Å². The van der Waals surface area contributed by atoms with Gasteiger partial charge in [0.25, 0.3) is 6.43 Å². The van der Waals surface area contributed by atoms with Gasteiger partial charge in [0.15, 0.2) is 0 Å². The molecule has 2 atom stereocenters. The van der Waals surface area contributed by atoms with Crippen molar-refractivity contribution in [1.29, 1.82) is 0 Å². The molecule has 30 heavy (non-hydrogen) atoms. The molecule has 5 nitrogen and oxygen atoms in total. The molecule has 2 heterocycles. The largest absolute Gasteiger partial charge is 0.377 e. The van der Waals surface area contributed by atoms with E-state index in [1.54, 1.807) is 13.1 Å². The van der Waals surface area contributed by atoms with Crippen LogP contribution in [0.25, 0.3) is 10.9 Å². The van der Waals surface area contributed by atoms with Crippen molar-refractivity contribution in [2.24, 2.45) is 0 Å². The fourth-order valence-electron chi connectivity index (χ4n) is 3.79. The van der Waals surface area contributed by atoms with Gasteiger partial charge in [0, 0.05) is 29.7 Å². The normalized spacial score (nSPS) is 18.1. The number of benzene rings is 2. The van der Waals surface area contributed by atoms with Crippen molar-refractivity contribution in [2.75, 3.05) is 29.9 Å². The second-order valence-electron chi connectivity index (χ2n) is 7.50. The lowest BCUT2D eigenvalue weighted by atomic mass is 10.0. The molecule has 1 fully saturated rings.